The predicted octanol–water partition coefficient (Wildman–Crippen LogP) is 1.71. The number of carbonyl (C=O) groups is 1. The van der Waals surface area contributed by atoms with Gasteiger partial charge >= 0.3 is 0 Å². The minimum Gasteiger partial charge on any atom is -0.379 e. The molecule has 1 amide bonds. The first-order valence-electron chi connectivity index (χ1n) is 10.5. The summed E-state index contributed by atoms with van der Waals surface area (Å²) in [6.07, 6.45) is 8.31. The Morgan fingerprint density at radius 3 is 2.44 bits per heavy atom. The van der Waals surface area contributed by atoms with Gasteiger partial charge in [-0.1, -0.05) is 6.42 Å². The zero-order valence-electron chi connectivity index (χ0n) is 15.6. The Kier molecular flexibility index (Phi) is 5.63. The summed E-state index contributed by atoms with van der Waals surface area (Å²) in [4.78, 5) is 17.9. The van der Waals surface area contributed by atoms with E-state index in [1.54, 1.807) is 0 Å². The first kappa shape index (κ1) is 17.7. The lowest BCUT2D eigenvalue weighted by atomic mass is 9.65. The van der Waals surface area contributed by atoms with Crippen LogP contribution in [-0.4, -0.2) is 67.7 Å². The van der Waals surface area contributed by atoms with E-state index >= 15 is 0 Å². The molecule has 2 saturated heterocycles. The standard InChI is InChI=1S/C20H35N3O2/c21-19-16-4-1-5-17(19)12-18(11-16)20(24)23-6-2-3-15(14-23)13-22-7-9-25-10-8-22/h15-19H,1-14,21H2. The van der Waals surface area contributed by atoms with Gasteiger partial charge in [-0.2, -0.15) is 0 Å². The summed E-state index contributed by atoms with van der Waals surface area (Å²) in [5.41, 5.74) is 6.41. The maximum Gasteiger partial charge on any atom is 0.225 e. The minimum absolute atomic E-state index is 0.247. The van der Waals surface area contributed by atoms with Crippen molar-refractivity contribution in [3.63, 3.8) is 0 Å². The van der Waals surface area contributed by atoms with Crippen molar-refractivity contribution in [1.29, 1.82) is 0 Å². The highest BCUT2D eigenvalue weighted by Gasteiger charge is 2.42. The third kappa shape index (κ3) is 4.04. The number of carbonyl (C=O) groups excluding carboxylic acids is 1. The highest BCUT2D eigenvalue weighted by molar-refractivity contribution is 5.79. The Labute approximate surface area is 152 Å². The zero-order valence-corrected chi connectivity index (χ0v) is 15.6. The first-order chi connectivity index (χ1) is 12.2. The second-order valence-corrected chi connectivity index (χ2v) is 8.90. The van der Waals surface area contributed by atoms with E-state index in [0.717, 1.165) is 58.8 Å². The minimum atomic E-state index is 0.247. The largest absolute Gasteiger partial charge is 0.379 e. The molecule has 2 saturated carbocycles. The number of fused-ring (bicyclic) bond motifs is 2. The number of piperidine rings is 1. The molecule has 142 valence electrons. The molecule has 0 aromatic rings. The molecule has 2 aliphatic heterocycles. The molecule has 4 rings (SSSR count). The van der Waals surface area contributed by atoms with E-state index < -0.39 is 0 Å². The molecule has 25 heavy (non-hydrogen) atoms. The first-order valence-corrected chi connectivity index (χ1v) is 10.5. The molecule has 5 heteroatoms. The fourth-order valence-electron chi connectivity index (χ4n) is 5.81. The van der Waals surface area contributed by atoms with Gasteiger partial charge in [-0.05, 0) is 56.3 Å². The fourth-order valence-corrected chi connectivity index (χ4v) is 5.81. The number of hydrogen-bond acceptors (Lipinski definition) is 4. The van der Waals surface area contributed by atoms with Crippen LogP contribution >= 0.6 is 0 Å². The van der Waals surface area contributed by atoms with Gasteiger partial charge in [-0.25, -0.2) is 0 Å². The van der Waals surface area contributed by atoms with Crippen molar-refractivity contribution in [2.75, 3.05) is 45.9 Å². The van der Waals surface area contributed by atoms with E-state index in [-0.39, 0.29) is 5.92 Å². The topological polar surface area (TPSA) is 58.8 Å². The van der Waals surface area contributed by atoms with Gasteiger partial charge < -0.3 is 15.4 Å². The highest BCUT2D eigenvalue weighted by Crippen LogP contribution is 2.42. The van der Waals surface area contributed by atoms with Crippen LogP contribution in [0.4, 0.5) is 0 Å². The summed E-state index contributed by atoms with van der Waals surface area (Å²) in [5.74, 6) is 2.51. The summed E-state index contributed by atoms with van der Waals surface area (Å²) in [6, 6.07) is 0.355. The number of likely N-dealkylation sites (tertiary alicyclic amines) is 1. The molecule has 0 spiro atoms. The maximum atomic E-state index is 13.2. The van der Waals surface area contributed by atoms with Crippen LogP contribution in [0.1, 0.15) is 44.9 Å². The van der Waals surface area contributed by atoms with E-state index in [9.17, 15) is 4.79 Å². The predicted molar refractivity (Wildman–Crippen MR) is 98.1 cm³/mol. The maximum absolute atomic E-state index is 13.2. The van der Waals surface area contributed by atoms with Crippen molar-refractivity contribution < 1.29 is 9.53 Å². The van der Waals surface area contributed by atoms with Gasteiger partial charge in [0.2, 0.25) is 5.91 Å². The average Bonchev–Trinajstić information content (AvgIpc) is 2.62. The number of rotatable bonds is 3. The SMILES string of the molecule is NC1C2CCCC1CC(C(=O)N1CCCC(CN3CCOCC3)C1)C2. The molecule has 4 aliphatic rings. The third-order valence-corrected chi connectivity index (χ3v) is 7.21. The Hall–Kier alpha value is -0.650. The van der Waals surface area contributed by atoms with Crippen LogP contribution in [0.25, 0.3) is 0 Å². The smallest absolute Gasteiger partial charge is 0.225 e. The summed E-state index contributed by atoms with van der Waals surface area (Å²) in [7, 11) is 0. The van der Waals surface area contributed by atoms with Crippen molar-refractivity contribution >= 4 is 5.91 Å². The zero-order chi connectivity index (χ0) is 17.2. The van der Waals surface area contributed by atoms with E-state index in [2.05, 4.69) is 9.80 Å². The fraction of sp³-hybridized carbons (Fsp3) is 0.950. The Morgan fingerprint density at radius 2 is 1.72 bits per heavy atom. The molecule has 3 unspecified atom stereocenters. The van der Waals surface area contributed by atoms with Gasteiger partial charge in [0, 0.05) is 44.7 Å². The summed E-state index contributed by atoms with van der Waals surface area (Å²) < 4.78 is 5.46. The van der Waals surface area contributed by atoms with Crippen LogP contribution in [0.15, 0.2) is 0 Å². The molecule has 5 nitrogen and oxygen atoms in total. The van der Waals surface area contributed by atoms with Crippen molar-refractivity contribution in [2.45, 2.75) is 51.0 Å². The van der Waals surface area contributed by atoms with Gasteiger partial charge in [0.05, 0.1) is 13.2 Å². The Morgan fingerprint density at radius 1 is 1.00 bits per heavy atom. The van der Waals surface area contributed by atoms with Gasteiger partial charge in [0.1, 0.15) is 0 Å². The number of hydrogen-bond donors (Lipinski definition) is 1. The summed E-state index contributed by atoms with van der Waals surface area (Å²) >= 11 is 0. The quantitative estimate of drug-likeness (QED) is 0.843. The van der Waals surface area contributed by atoms with Gasteiger partial charge in [0.15, 0.2) is 0 Å². The van der Waals surface area contributed by atoms with E-state index in [4.69, 9.17) is 10.5 Å². The van der Waals surface area contributed by atoms with E-state index in [0.29, 0.717) is 29.7 Å². The van der Waals surface area contributed by atoms with Crippen LogP contribution in [0.3, 0.4) is 0 Å². The number of amides is 1. The van der Waals surface area contributed by atoms with Crippen molar-refractivity contribution in [2.24, 2.45) is 29.4 Å². The molecule has 0 aromatic heterocycles. The van der Waals surface area contributed by atoms with Crippen molar-refractivity contribution in [1.82, 2.24) is 9.80 Å². The Balaban J connectivity index is 1.32. The van der Waals surface area contributed by atoms with Gasteiger partial charge in [-0.15, -0.1) is 0 Å². The second-order valence-electron chi connectivity index (χ2n) is 8.90. The molecule has 0 radical (unpaired) electrons. The molecule has 4 fully saturated rings. The average molecular weight is 350 g/mol. The third-order valence-electron chi connectivity index (χ3n) is 7.21. The monoisotopic (exact) mass is 349 g/mol. The lowest BCUT2D eigenvalue weighted by molar-refractivity contribution is -0.140. The molecule has 2 heterocycles. The molecule has 0 aromatic carbocycles. The second kappa shape index (κ2) is 7.93. The van der Waals surface area contributed by atoms with Gasteiger partial charge in [0.25, 0.3) is 0 Å². The van der Waals surface area contributed by atoms with Crippen molar-refractivity contribution in [3.8, 4) is 0 Å². The van der Waals surface area contributed by atoms with Crippen molar-refractivity contribution in [3.05, 3.63) is 0 Å². The highest BCUT2D eigenvalue weighted by atomic mass is 16.5. The molecule has 2 N–H and O–H groups in total. The number of nitrogens with zero attached hydrogens (tertiary/aromatic N) is 2. The number of nitrogens with two attached hydrogens (primary N) is 1. The lowest BCUT2D eigenvalue weighted by Crippen LogP contribution is -2.52. The number of ether oxygens (including phenoxy) is 1. The summed E-state index contributed by atoms with van der Waals surface area (Å²) in [6.45, 7) is 6.89. The van der Waals surface area contributed by atoms with E-state index in [1.165, 1.54) is 32.1 Å². The van der Waals surface area contributed by atoms with Gasteiger partial charge in [-0.3, -0.25) is 9.69 Å². The molecule has 2 aliphatic carbocycles. The molecule has 3 atom stereocenters. The van der Waals surface area contributed by atoms with Crippen LogP contribution in [0, 0.1) is 23.7 Å². The number of morpholine rings is 1. The normalized spacial score (nSPS) is 40.0. The molecular weight excluding hydrogens is 314 g/mol. The summed E-state index contributed by atoms with van der Waals surface area (Å²) in [5, 5.41) is 0. The van der Waals surface area contributed by atoms with Crippen LogP contribution in [0.5, 0.6) is 0 Å². The van der Waals surface area contributed by atoms with Crippen LogP contribution in [-0.2, 0) is 9.53 Å². The van der Waals surface area contributed by atoms with E-state index in [1.807, 2.05) is 0 Å². The van der Waals surface area contributed by atoms with Crippen LogP contribution < -0.4 is 5.73 Å². The lowest BCUT2D eigenvalue weighted by Gasteiger charge is -2.45. The molecular formula is C20H35N3O2. The Bertz CT molecular complexity index is 452. The molecule has 2 bridgehead atoms. The van der Waals surface area contributed by atoms with Crippen LogP contribution in [0.2, 0.25) is 0 Å².